The first kappa shape index (κ1) is 21.4. The van der Waals surface area contributed by atoms with E-state index in [0.29, 0.717) is 23.0 Å². The maximum absolute atomic E-state index is 13.9. The molecule has 1 unspecified atom stereocenters. The molecule has 0 saturated carbocycles. The fraction of sp³-hybridized carbons (Fsp3) is 0.190. The van der Waals surface area contributed by atoms with Gasteiger partial charge in [0.15, 0.2) is 10.1 Å². The number of halogens is 2. The molecule has 2 aromatic heterocycles. The summed E-state index contributed by atoms with van der Waals surface area (Å²) < 4.78 is 33.5. The first-order valence-corrected chi connectivity index (χ1v) is 11.1. The third-order valence-electron chi connectivity index (χ3n) is 4.53. The lowest BCUT2D eigenvalue weighted by Crippen LogP contribution is -2.29. The van der Waals surface area contributed by atoms with Gasteiger partial charge in [-0.25, -0.2) is 8.78 Å². The van der Waals surface area contributed by atoms with E-state index in [9.17, 15) is 18.7 Å². The Kier molecular flexibility index (Phi) is 6.30. The number of aliphatic hydroxyl groups is 1. The van der Waals surface area contributed by atoms with E-state index in [4.69, 9.17) is 4.42 Å². The molecule has 10 heteroatoms. The molecule has 6 nitrogen and oxygen atoms in total. The highest BCUT2D eigenvalue weighted by Crippen LogP contribution is 2.33. The van der Waals surface area contributed by atoms with Crippen LogP contribution in [0.5, 0.6) is 0 Å². The number of carbonyl (C=O) groups excluding carboxylic acids is 1. The number of amides is 1. The zero-order chi connectivity index (χ0) is 22.0. The Morgan fingerprint density at radius 3 is 2.81 bits per heavy atom. The molecule has 1 atom stereocenters. The SMILES string of the molecule is Cc1nnc(SCc2c(C(=O)NCC(O)c3ccc(F)cc3F)oc3ccccc23)s1. The summed E-state index contributed by atoms with van der Waals surface area (Å²) in [7, 11) is 0. The molecule has 0 saturated heterocycles. The van der Waals surface area contributed by atoms with Crippen molar-refractivity contribution in [2.75, 3.05) is 6.54 Å². The van der Waals surface area contributed by atoms with Crippen LogP contribution in [0.25, 0.3) is 11.0 Å². The Hall–Kier alpha value is -2.82. The summed E-state index contributed by atoms with van der Waals surface area (Å²) >= 11 is 2.90. The normalized spacial score (nSPS) is 12.3. The highest BCUT2D eigenvalue weighted by molar-refractivity contribution is 8.00. The third kappa shape index (κ3) is 4.76. The van der Waals surface area contributed by atoms with Crippen molar-refractivity contribution in [3.8, 4) is 0 Å². The lowest BCUT2D eigenvalue weighted by molar-refractivity contribution is 0.0888. The van der Waals surface area contributed by atoms with Crippen LogP contribution in [0.2, 0.25) is 0 Å². The first-order valence-electron chi connectivity index (χ1n) is 9.27. The highest BCUT2D eigenvalue weighted by atomic mass is 32.2. The topological polar surface area (TPSA) is 88.2 Å². The van der Waals surface area contributed by atoms with E-state index in [1.165, 1.54) is 23.1 Å². The Balaban J connectivity index is 1.52. The van der Waals surface area contributed by atoms with Crippen molar-refractivity contribution in [1.82, 2.24) is 15.5 Å². The number of hydrogen-bond acceptors (Lipinski definition) is 7. The number of aliphatic hydroxyl groups excluding tert-OH is 1. The number of aromatic nitrogens is 2. The monoisotopic (exact) mass is 461 g/mol. The number of carbonyl (C=O) groups is 1. The largest absolute Gasteiger partial charge is 0.451 e. The second kappa shape index (κ2) is 9.13. The van der Waals surface area contributed by atoms with Crippen molar-refractivity contribution in [2.24, 2.45) is 0 Å². The maximum atomic E-state index is 13.9. The number of rotatable bonds is 7. The second-order valence-corrected chi connectivity index (χ2v) is 9.08. The molecule has 2 heterocycles. The molecule has 160 valence electrons. The number of thioether (sulfide) groups is 1. The predicted octanol–water partition coefficient (Wildman–Crippen LogP) is 4.63. The van der Waals surface area contributed by atoms with Gasteiger partial charge in [-0.3, -0.25) is 4.79 Å². The van der Waals surface area contributed by atoms with Crippen LogP contribution in [0.15, 0.2) is 51.2 Å². The summed E-state index contributed by atoms with van der Waals surface area (Å²) in [6.45, 7) is 1.60. The molecule has 4 rings (SSSR count). The van der Waals surface area contributed by atoms with Crippen molar-refractivity contribution in [3.05, 3.63) is 76.0 Å². The van der Waals surface area contributed by atoms with Gasteiger partial charge in [-0.15, -0.1) is 10.2 Å². The van der Waals surface area contributed by atoms with Crippen LogP contribution in [0.3, 0.4) is 0 Å². The van der Waals surface area contributed by atoms with E-state index in [-0.39, 0.29) is 17.9 Å². The van der Waals surface area contributed by atoms with E-state index in [0.717, 1.165) is 26.9 Å². The summed E-state index contributed by atoms with van der Waals surface area (Å²) in [6.07, 6.45) is -1.34. The van der Waals surface area contributed by atoms with Crippen molar-refractivity contribution in [3.63, 3.8) is 0 Å². The van der Waals surface area contributed by atoms with Gasteiger partial charge in [0.2, 0.25) is 0 Å². The molecule has 0 bridgehead atoms. The molecule has 0 aliphatic carbocycles. The fourth-order valence-corrected chi connectivity index (χ4v) is 4.89. The van der Waals surface area contributed by atoms with Crippen LogP contribution in [0, 0.1) is 18.6 Å². The van der Waals surface area contributed by atoms with Gasteiger partial charge < -0.3 is 14.8 Å². The van der Waals surface area contributed by atoms with Crippen molar-refractivity contribution >= 4 is 40.0 Å². The Morgan fingerprint density at radius 1 is 1.26 bits per heavy atom. The van der Waals surface area contributed by atoms with Crippen LogP contribution in [0.4, 0.5) is 8.78 Å². The first-order chi connectivity index (χ1) is 14.9. The number of nitrogens with zero attached hydrogens (tertiary/aromatic N) is 2. The standard InChI is InChI=1S/C21H17F2N3O3S2/c1-11-25-26-21(31-11)30-10-15-13-4-2-3-5-18(13)29-19(15)20(28)24-9-17(27)14-7-6-12(22)8-16(14)23/h2-8,17,27H,9-10H2,1H3,(H,24,28). The van der Waals surface area contributed by atoms with E-state index in [1.54, 1.807) is 12.1 Å². The number of aryl methyl sites for hydroxylation is 1. The summed E-state index contributed by atoms with van der Waals surface area (Å²) in [6, 6.07) is 10.2. The van der Waals surface area contributed by atoms with Gasteiger partial charge in [-0.05, 0) is 19.1 Å². The molecular weight excluding hydrogens is 444 g/mol. The summed E-state index contributed by atoms with van der Waals surface area (Å²) in [5.41, 5.74) is 1.14. The number of para-hydroxylation sites is 1. The van der Waals surface area contributed by atoms with E-state index >= 15 is 0 Å². The predicted molar refractivity (Wildman–Crippen MR) is 114 cm³/mol. The fourth-order valence-electron chi connectivity index (χ4n) is 3.05. The number of benzene rings is 2. The van der Waals surface area contributed by atoms with E-state index in [1.807, 2.05) is 19.1 Å². The molecule has 0 spiro atoms. The van der Waals surface area contributed by atoms with Crippen molar-refractivity contribution in [1.29, 1.82) is 0 Å². The molecule has 0 aliphatic heterocycles. The van der Waals surface area contributed by atoms with Crippen LogP contribution >= 0.6 is 23.1 Å². The molecule has 31 heavy (non-hydrogen) atoms. The van der Waals surface area contributed by atoms with Crippen LogP contribution < -0.4 is 5.32 Å². The van der Waals surface area contributed by atoms with Gasteiger partial charge in [0, 0.05) is 34.9 Å². The van der Waals surface area contributed by atoms with Crippen LogP contribution in [-0.2, 0) is 5.75 Å². The van der Waals surface area contributed by atoms with E-state index in [2.05, 4.69) is 15.5 Å². The third-order valence-corrected chi connectivity index (χ3v) is 6.53. The molecule has 4 aromatic rings. The number of furan rings is 1. The molecule has 0 radical (unpaired) electrons. The van der Waals surface area contributed by atoms with Gasteiger partial charge in [-0.2, -0.15) is 0 Å². The summed E-state index contributed by atoms with van der Waals surface area (Å²) in [5.74, 6) is -1.62. The average Bonchev–Trinajstić information content (AvgIpc) is 3.33. The maximum Gasteiger partial charge on any atom is 0.287 e. The minimum absolute atomic E-state index is 0.103. The molecule has 1 amide bonds. The molecular formula is C21H17F2N3O3S2. The summed E-state index contributed by atoms with van der Waals surface area (Å²) in [4.78, 5) is 12.8. The molecule has 0 fully saturated rings. The summed E-state index contributed by atoms with van der Waals surface area (Å²) in [5, 5.41) is 22.5. The molecule has 2 aromatic carbocycles. The minimum Gasteiger partial charge on any atom is -0.451 e. The lowest BCUT2D eigenvalue weighted by Gasteiger charge is -2.13. The van der Waals surface area contributed by atoms with Gasteiger partial charge >= 0.3 is 0 Å². The van der Waals surface area contributed by atoms with Crippen LogP contribution in [-0.4, -0.2) is 27.8 Å². The quantitative estimate of drug-likeness (QED) is 0.390. The zero-order valence-electron chi connectivity index (χ0n) is 16.3. The smallest absolute Gasteiger partial charge is 0.287 e. The lowest BCUT2D eigenvalue weighted by atomic mass is 10.1. The average molecular weight is 462 g/mol. The Bertz CT molecular complexity index is 1240. The second-order valence-electron chi connectivity index (χ2n) is 6.67. The van der Waals surface area contributed by atoms with Gasteiger partial charge in [0.05, 0.1) is 6.10 Å². The molecule has 2 N–H and O–H groups in total. The van der Waals surface area contributed by atoms with Crippen LogP contribution in [0.1, 0.15) is 32.8 Å². The minimum atomic E-state index is -1.34. The Morgan fingerprint density at radius 2 is 2.06 bits per heavy atom. The number of hydrogen-bond donors (Lipinski definition) is 2. The van der Waals surface area contributed by atoms with Crippen molar-refractivity contribution < 1.29 is 23.1 Å². The van der Waals surface area contributed by atoms with Gasteiger partial charge in [-0.1, -0.05) is 47.4 Å². The molecule has 0 aliphatic rings. The van der Waals surface area contributed by atoms with E-state index < -0.39 is 23.6 Å². The number of fused-ring (bicyclic) bond motifs is 1. The van der Waals surface area contributed by atoms with Crippen molar-refractivity contribution in [2.45, 2.75) is 23.1 Å². The number of nitrogens with one attached hydrogen (secondary N) is 1. The Labute approximate surface area is 184 Å². The van der Waals surface area contributed by atoms with Gasteiger partial charge in [0.25, 0.3) is 5.91 Å². The highest BCUT2D eigenvalue weighted by Gasteiger charge is 2.22. The zero-order valence-corrected chi connectivity index (χ0v) is 17.9. The van der Waals surface area contributed by atoms with Gasteiger partial charge in [0.1, 0.15) is 22.2 Å².